The number of oxime groups is 2. The largest absolute Gasteiger partial charge is 0.384 e. The molecule has 0 heterocycles. The predicted molar refractivity (Wildman–Crippen MR) is 51.1 cm³/mol. The number of ether oxygens (including phenoxy) is 2. The van der Waals surface area contributed by atoms with Crippen molar-refractivity contribution < 1.29 is 14.4 Å². The summed E-state index contributed by atoms with van der Waals surface area (Å²) in [5, 5.41) is 7.13. The summed E-state index contributed by atoms with van der Waals surface area (Å²) in [6.45, 7) is 1.28. The Hall–Kier alpha value is -0.940. The van der Waals surface area contributed by atoms with Crippen molar-refractivity contribution in [3.63, 3.8) is 0 Å². The number of rotatable bonds is 8. The predicted octanol–water partition coefficient (Wildman–Crippen LogP) is 1.05. The van der Waals surface area contributed by atoms with Gasteiger partial charge in [0.2, 0.25) is 0 Å². The van der Waals surface area contributed by atoms with Gasteiger partial charge in [-0.3, -0.25) is 0 Å². The van der Waals surface area contributed by atoms with E-state index in [-0.39, 0.29) is 0 Å². The van der Waals surface area contributed by atoms with Gasteiger partial charge in [0.1, 0.15) is 0 Å². The van der Waals surface area contributed by atoms with Gasteiger partial charge in [0.15, 0.2) is 0 Å². The van der Waals surface area contributed by atoms with E-state index in [4.69, 9.17) is 9.47 Å². The molecule has 13 heavy (non-hydrogen) atoms. The molecule has 0 aromatic rings. The van der Waals surface area contributed by atoms with Crippen LogP contribution in [0.4, 0.5) is 0 Å². The van der Waals surface area contributed by atoms with E-state index in [9.17, 15) is 0 Å². The van der Waals surface area contributed by atoms with Gasteiger partial charge >= 0.3 is 0 Å². The highest BCUT2D eigenvalue weighted by Crippen LogP contribution is 1.81. The van der Waals surface area contributed by atoms with Gasteiger partial charge in [-0.25, -0.2) is 4.94 Å². The molecule has 0 radical (unpaired) electrons. The molecule has 0 bridgehead atoms. The molecule has 0 unspecified atom stereocenters. The molecule has 0 aromatic carbocycles. The van der Waals surface area contributed by atoms with E-state index in [0.29, 0.717) is 13.2 Å². The summed E-state index contributed by atoms with van der Waals surface area (Å²) < 4.78 is 9.60. The standard InChI is InChI=1S/C8H16N2O3/c1-11-7-3-5-9-13-10-6-4-8-12-2/h5-6H,3-4,7-8H2,1-2H3. The zero-order valence-electron chi connectivity index (χ0n) is 8.10. The minimum absolute atomic E-state index is 0.639. The number of hydrogen-bond acceptors (Lipinski definition) is 5. The van der Waals surface area contributed by atoms with Gasteiger partial charge in [0.05, 0.1) is 13.2 Å². The molecule has 0 fully saturated rings. The van der Waals surface area contributed by atoms with Crippen LogP contribution in [0.15, 0.2) is 10.3 Å². The molecule has 0 atom stereocenters. The van der Waals surface area contributed by atoms with Gasteiger partial charge in [0, 0.05) is 39.5 Å². The molecular weight excluding hydrogens is 172 g/mol. The van der Waals surface area contributed by atoms with Gasteiger partial charge in [-0.05, 0) is 0 Å². The van der Waals surface area contributed by atoms with Crippen molar-refractivity contribution in [3.05, 3.63) is 0 Å². The van der Waals surface area contributed by atoms with Gasteiger partial charge < -0.3 is 9.47 Å². The van der Waals surface area contributed by atoms with Crippen LogP contribution in [0.5, 0.6) is 0 Å². The second-order valence-corrected chi connectivity index (χ2v) is 2.22. The van der Waals surface area contributed by atoms with Crippen LogP contribution in [0.25, 0.3) is 0 Å². The van der Waals surface area contributed by atoms with E-state index in [1.54, 1.807) is 26.6 Å². The highest BCUT2D eigenvalue weighted by Gasteiger charge is 1.79. The highest BCUT2D eigenvalue weighted by molar-refractivity contribution is 5.57. The molecule has 0 rings (SSSR count). The summed E-state index contributed by atoms with van der Waals surface area (Å²) in [5.41, 5.74) is 0. The first-order valence-corrected chi connectivity index (χ1v) is 4.09. The zero-order valence-corrected chi connectivity index (χ0v) is 8.10. The molecule has 0 spiro atoms. The lowest BCUT2D eigenvalue weighted by molar-refractivity contribution is 0.154. The van der Waals surface area contributed by atoms with Crippen molar-refractivity contribution in [3.8, 4) is 0 Å². The molecule has 0 amide bonds. The molecule has 0 aliphatic heterocycles. The average Bonchev–Trinajstić information content (AvgIpc) is 2.16. The monoisotopic (exact) mass is 188 g/mol. The van der Waals surface area contributed by atoms with Gasteiger partial charge in [-0.1, -0.05) is 10.3 Å². The second kappa shape index (κ2) is 11.1. The topological polar surface area (TPSA) is 52.4 Å². The third kappa shape index (κ3) is 11.1. The average molecular weight is 188 g/mol. The summed E-state index contributed by atoms with van der Waals surface area (Å²) in [6.07, 6.45) is 4.67. The van der Waals surface area contributed by atoms with Crippen LogP contribution in [0, 0.1) is 0 Å². The Kier molecular flexibility index (Phi) is 10.3. The van der Waals surface area contributed by atoms with Crippen LogP contribution >= 0.6 is 0 Å². The minimum atomic E-state index is 0.639. The summed E-state index contributed by atoms with van der Waals surface area (Å²) in [5.74, 6) is 0. The SMILES string of the molecule is COCCC=NON=CCCOC. The van der Waals surface area contributed by atoms with Crippen LogP contribution in [0.2, 0.25) is 0 Å². The van der Waals surface area contributed by atoms with Gasteiger partial charge in [0.25, 0.3) is 0 Å². The van der Waals surface area contributed by atoms with Crippen LogP contribution < -0.4 is 0 Å². The van der Waals surface area contributed by atoms with E-state index in [1.165, 1.54) is 0 Å². The first-order chi connectivity index (χ1) is 6.41. The Balaban J connectivity index is 3.13. The fourth-order valence-corrected chi connectivity index (χ4v) is 0.540. The molecule has 0 aliphatic rings. The van der Waals surface area contributed by atoms with Crippen molar-refractivity contribution in [2.75, 3.05) is 27.4 Å². The summed E-state index contributed by atoms with van der Waals surface area (Å²) in [6, 6.07) is 0. The maximum absolute atomic E-state index is 4.80. The van der Waals surface area contributed by atoms with Crippen LogP contribution in [0.1, 0.15) is 12.8 Å². The smallest absolute Gasteiger partial charge is 0.0513 e. The van der Waals surface area contributed by atoms with Gasteiger partial charge in [-0.2, -0.15) is 0 Å². The van der Waals surface area contributed by atoms with Crippen LogP contribution in [0.3, 0.4) is 0 Å². The lowest BCUT2D eigenvalue weighted by Gasteiger charge is -1.90. The molecule has 0 aromatic heterocycles. The summed E-state index contributed by atoms with van der Waals surface area (Å²) in [4.78, 5) is 4.55. The zero-order chi connectivity index (χ0) is 9.78. The fourth-order valence-electron chi connectivity index (χ4n) is 0.540. The van der Waals surface area contributed by atoms with E-state index >= 15 is 0 Å². The van der Waals surface area contributed by atoms with Crippen molar-refractivity contribution in [2.24, 2.45) is 10.3 Å². The normalized spacial score (nSPS) is 11.5. The minimum Gasteiger partial charge on any atom is -0.384 e. The summed E-state index contributed by atoms with van der Waals surface area (Å²) >= 11 is 0. The molecule has 76 valence electrons. The maximum Gasteiger partial charge on any atom is 0.0513 e. The summed E-state index contributed by atoms with van der Waals surface area (Å²) in [7, 11) is 3.27. The first kappa shape index (κ1) is 12.1. The molecule has 0 saturated carbocycles. The van der Waals surface area contributed by atoms with Crippen LogP contribution in [-0.4, -0.2) is 39.9 Å². The van der Waals surface area contributed by atoms with Crippen molar-refractivity contribution in [1.82, 2.24) is 0 Å². The van der Waals surface area contributed by atoms with Crippen molar-refractivity contribution in [2.45, 2.75) is 12.8 Å². The van der Waals surface area contributed by atoms with E-state index in [2.05, 4.69) is 15.2 Å². The Morgan fingerprint density at radius 2 is 1.38 bits per heavy atom. The van der Waals surface area contributed by atoms with Crippen molar-refractivity contribution >= 4 is 12.4 Å². The Labute approximate surface area is 78.3 Å². The van der Waals surface area contributed by atoms with E-state index in [1.807, 2.05) is 0 Å². The maximum atomic E-state index is 4.80. The highest BCUT2D eigenvalue weighted by atomic mass is 16.8. The molecule has 5 heteroatoms. The molecule has 0 N–H and O–H groups in total. The Morgan fingerprint density at radius 1 is 0.923 bits per heavy atom. The third-order valence-electron chi connectivity index (χ3n) is 1.15. The molecule has 5 nitrogen and oxygen atoms in total. The molecular formula is C8H16N2O3. The lowest BCUT2D eigenvalue weighted by atomic mass is 10.5. The van der Waals surface area contributed by atoms with Gasteiger partial charge in [-0.15, -0.1) is 0 Å². The third-order valence-corrected chi connectivity index (χ3v) is 1.15. The second-order valence-electron chi connectivity index (χ2n) is 2.22. The lowest BCUT2D eigenvalue weighted by Crippen LogP contribution is -1.89. The first-order valence-electron chi connectivity index (χ1n) is 4.09. The number of methoxy groups -OCH3 is 2. The number of hydrogen-bond donors (Lipinski definition) is 0. The Morgan fingerprint density at radius 3 is 1.77 bits per heavy atom. The number of nitrogens with zero attached hydrogens (tertiary/aromatic N) is 2. The fraction of sp³-hybridized carbons (Fsp3) is 0.750. The van der Waals surface area contributed by atoms with Crippen LogP contribution in [-0.2, 0) is 14.4 Å². The Bertz CT molecular complexity index is 132. The molecule has 0 aliphatic carbocycles. The quantitative estimate of drug-likeness (QED) is 0.325. The van der Waals surface area contributed by atoms with Crippen molar-refractivity contribution in [1.29, 1.82) is 0 Å². The molecule has 0 saturated heterocycles. The van der Waals surface area contributed by atoms with E-state index < -0.39 is 0 Å². The van der Waals surface area contributed by atoms with E-state index in [0.717, 1.165) is 12.8 Å².